The summed E-state index contributed by atoms with van der Waals surface area (Å²) in [5.74, 6) is 2.83. The second kappa shape index (κ2) is 5.44. The summed E-state index contributed by atoms with van der Waals surface area (Å²) in [6, 6.07) is 2.94. The first-order valence-electron chi connectivity index (χ1n) is 7.51. The minimum atomic E-state index is 0.333. The van der Waals surface area contributed by atoms with Crippen LogP contribution >= 0.6 is 0 Å². The third kappa shape index (κ3) is 2.80. The lowest BCUT2D eigenvalue weighted by Crippen LogP contribution is -2.40. The van der Waals surface area contributed by atoms with E-state index in [1.165, 1.54) is 12.8 Å². The predicted molar refractivity (Wildman–Crippen MR) is 81.9 cm³/mol. The van der Waals surface area contributed by atoms with Crippen molar-refractivity contribution in [3.8, 4) is 0 Å². The molecule has 4 N–H and O–H groups in total. The Labute approximate surface area is 120 Å². The van der Waals surface area contributed by atoms with Crippen molar-refractivity contribution in [3.05, 3.63) is 6.07 Å². The molecule has 1 aromatic heterocycles. The summed E-state index contributed by atoms with van der Waals surface area (Å²) < 4.78 is 0. The van der Waals surface area contributed by atoms with Gasteiger partial charge < -0.3 is 21.3 Å². The van der Waals surface area contributed by atoms with Gasteiger partial charge in [0, 0.05) is 31.2 Å². The van der Waals surface area contributed by atoms with Gasteiger partial charge in [-0.25, -0.2) is 0 Å². The van der Waals surface area contributed by atoms with E-state index in [0.29, 0.717) is 18.0 Å². The molecule has 2 saturated heterocycles. The van der Waals surface area contributed by atoms with Gasteiger partial charge in [0.2, 0.25) is 5.95 Å². The van der Waals surface area contributed by atoms with Crippen molar-refractivity contribution in [1.82, 2.24) is 15.3 Å². The normalized spacial score (nSPS) is 25.9. The number of piperidine rings is 1. The summed E-state index contributed by atoms with van der Waals surface area (Å²) in [6.07, 6.45) is 2.59. The lowest BCUT2D eigenvalue weighted by atomic mass is 9.94. The van der Waals surface area contributed by atoms with Crippen LogP contribution in [-0.2, 0) is 0 Å². The Hall–Kier alpha value is -1.56. The number of rotatable bonds is 3. The molecule has 2 fully saturated rings. The van der Waals surface area contributed by atoms with E-state index in [9.17, 15) is 0 Å². The van der Waals surface area contributed by atoms with Crippen molar-refractivity contribution < 1.29 is 0 Å². The minimum absolute atomic E-state index is 0.333. The Balaban J connectivity index is 1.78. The van der Waals surface area contributed by atoms with Gasteiger partial charge in [-0.3, -0.25) is 0 Å². The van der Waals surface area contributed by atoms with Crippen LogP contribution in [0, 0.1) is 5.92 Å². The SMILES string of the molecule is CC(C)Nc1cc(N2CC3CCCNC3C2)nc(N)n1. The lowest BCUT2D eigenvalue weighted by Gasteiger charge is -2.24. The van der Waals surface area contributed by atoms with E-state index in [0.717, 1.165) is 37.2 Å². The smallest absolute Gasteiger partial charge is 0.223 e. The molecular formula is C14H24N6. The molecule has 2 aliphatic rings. The van der Waals surface area contributed by atoms with Gasteiger partial charge >= 0.3 is 0 Å². The zero-order chi connectivity index (χ0) is 14.1. The van der Waals surface area contributed by atoms with Gasteiger partial charge in [0.15, 0.2) is 0 Å². The highest BCUT2D eigenvalue weighted by atomic mass is 15.3. The van der Waals surface area contributed by atoms with Crippen LogP contribution < -0.4 is 21.3 Å². The Morgan fingerprint density at radius 1 is 1.40 bits per heavy atom. The molecule has 0 aromatic carbocycles. The largest absolute Gasteiger partial charge is 0.368 e. The second-order valence-electron chi connectivity index (χ2n) is 6.14. The van der Waals surface area contributed by atoms with E-state index in [-0.39, 0.29) is 0 Å². The van der Waals surface area contributed by atoms with E-state index in [2.05, 4.69) is 39.3 Å². The Morgan fingerprint density at radius 2 is 2.25 bits per heavy atom. The van der Waals surface area contributed by atoms with E-state index in [1.54, 1.807) is 0 Å². The maximum atomic E-state index is 5.84. The fourth-order valence-electron chi connectivity index (χ4n) is 3.22. The number of hydrogen-bond acceptors (Lipinski definition) is 6. The van der Waals surface area contributed by atoms with Crippen molar-refractivity contribution in [3.63, 3.8) is 0 Å². The van der Waals surface area contributed by atoms with Crippen molar-refractivity contribution in [2.75, 3.05) is 35.6 Å². The third-order valence-electron chi connectivity index (χ3n) is 4.09. The average molecular weight is 276 g/mol. The molecule has 2 aliphatic heterocycles. The monoisotopic (exact) mass is 276 g/mol. The highest BCUT2D eigenvalue weighted by Crippen LogP contribution is 2.29. The van der Waals surface area contributed by atoms with E-state index < -0.39 is 0 Å². The zero-order valence-corrected chi connectivity index (χ0v) is 12.3. The van der Waals surface area contributed by atoms with Crippen LogP contribution in [0.15, 0.2) is 6.07 Å². The number of nitrogens with two attached hydrogens (primary N) is 1. The number of nitrogens with zero attached hydrogens (tertiary/aromatic N) is 3. The van der Waals surface area contributed by atoms with Crippen molar-refractivity contribution in [1.29, 1.82) is 0 Å². The van der Waals surface area contributed by atoms with E-state index >= 15 is 0 Å². The molecule has 2 unspecified atom stereocenters. The highest BCUT2D eigenvalue weighted by Gasteiger charge is 2.34. The number of fused-ring (bicyclic) bond motifs is 1. The van der Waals surface area contributed by atoms with Gasteiger partial charge in [0.1, 0.15) is 11.6 Å². The average Bonchev–Trinajstić information content (AvgIpc) is 2.80. The maximum absolute atomic E-state index is 5.84. The van der Waals surface area contributed by atoms with Gasteiger partial charge in [0.25, 0.3) is 0 Å². The molecule has 110 valence electrons. The van der Waals surface area contributed by atoms with Crippen molar-refractivity contribution >= 4 is 17.6 Å². The second-order valence-corrected chi connectivity index (χ2v) is 6.14. The van der Waals surface area contributed by atoms with Crippen LogP contribution in [0.4, 0.5) is 17.6 Å². The maximum Gasteiger partial charge on any atom is 0.223 e. The van der Waals surface area contributed by atoms with Crippen molar-refractivity contribution in [2.45, 2.75) is 38.8 Å². The molecule has 20 heavy (non-hydrogen) atoms. The quantitative estimate of drug-likeness (QED) is 0.766. The Morgan fingerprint density at radius 3 is 3.00 bits per heavy atom. The van der Waals surface area contributed by atoms with Gasteiger partial charge in [-0.2, -0.15) is 9.97 Å². The first kappa shape index (κ1) is 13.4. The Kier molecular flexibility index (Phi) is 3.65. The molecule has 6 heteroatoms. The molecule has 0 spiro atoms. The standard InChI is InChI=1S/C14H24N6/c1-9(2)17-12-6-13(19-14(15)18-12)20-7-10-4-3-5-16-11(10)8-20/h6,9-11,16H,3-5,7-8H2,1-2H3,(H3,15,17,18,19). The first-order chi connectivity index (χ1) is 9.61. The van der Waals surface area contributed by atoms with Gasteiger partial charge in [-0.1, -0.05) is 0 Å². The van der Waals surface area contributed by atoms with Crippen LogP contribution in [-0.4, -0.2) is 41.7 Å². The van der Waals surface area contributed by atoms with Crippen molar-refractivity contribution in [2.24, 2.45) is 5.92 Å². The lowest BCUT2D eigenvalue weighted by molar-refractivity contribution is 0.340. The fraction of sp³-hybridized carbons (Fsp3) is 0.714. The molecule has 0 aliphatic carbocycles. The van der Waals surface area contributed by atoms with Crippen LogP contribution in [0.5, 0.6) is 0 Å². The summed E-state index contributed by atoms with van der Waals surface area (Å²) in [7, 11) is 0. The number of anilines is 3. The van der Waals surface area contributed by atoms with Gasteiger partial charge in [0.05, 0.1) is 0 Å². The summed E-state index contributed by atoms with van der Waals surface area (Å²) >= 11 is 0. The molecule has 3 rings (SSSR count). The molecule has 6 nitrogen and oxygen atoms in total. The molecule has 1 aromatic rings. The third-order valence-corrected chi connectivity index (χ3v) is 4.09. The summed E-state index contributed by atoms with van der Waals surface area (Å²) in [4.78, 5) is 11.0. The highest BCUT2D eigenvalue weighted by molar-refractivity contribution is 5.53. The summed E-state index contributed by atoms with van der Waals surface area (Å²) in [5.41, 5.74) is 5.84. The minimum Gasteiger partial charge on any atom is -0.368 e. The van der Waals surface area contributed by atoms with Gasteiger partial charge in [-0.05, 0) is 39.2 Å². The molecular weight excluding hydrogens is 252 g/mol. The Bertz CT molecular complexity index is 461. The molecule has 2 atom stereocenters. The number of nitrogen functional groups attached to an aromatic ring is 1. The van der Waals surface area contributed by atoms with Crippen LogP contribution in [0.2, 0.25) is 0 Å². The molecule has 3 heterocycles. The molecule has 0 bridgehead atoms. The number of aromatic nitrogens is 2. The summed E-state index contributed by atoms with van der Waals surface area (Å²) in [5, 5.41) is 6.91. The molecule has 0 saturated carbocycles. The fourth-order valence-corrected chi connectivity index (χ4v) is 3.22. The molecule has 0 amide bonds. The number of hydrogen-bond donors (Lipinski definition) is 3. The van der Waals surface area contributed by atoms with E-state index in [4.69, 9.17) is 5.73 Å². The van der Waals surface area contributed by atoms with E-state index in [1.807, 2.05) is 6.07 Å². The molecule has 0 radical (unpaired) electrons. The van der Waals surface area contributed by atoms with Gasteiger partial charge in [-0.15, -0.1) is 0 Å². The topological polar surface area (TPSA) is 79.1 Å². The predicted octanol–water partition coefficient (Wildman–Crippen LogP) is 1.07. The number of nitrogens with one attached hydrogen (secondary N) is 2. The van der Waals surface area contributed by atoms with Crippen LogP contribution in [0.1, 0.15) is 26.7 Å². The van der Waals surface area contributed by atoms with Crippen LogP contribution in [0.3, 0.4) is 0 Å². The van der Waals surface area contributed by atoms with Crippen LogP contribution in [0.25, 0.3) is 0 Å². The first-order valence-corrected chi connectivity index (χ1v) is 7.51. The zero-order valence-electron chi connectivity index (χ0n) is 12.3. The summed E-state index contributed by atoms with van der Waals surface area (Å²) in [6.45, 7) is 7.40.